The van der Waals surface area contributed by atoms with Gasteiger partial charge >= 0.3 is 0 Å². The minimum absolute atomic E-state index is 0.458. The molecule has 0 aliphatic rings. The first-order valence-electron chi connectivity index (χ1n) is 8.93. The van der Waals surface area contributed by atoms with Crippen LogP contribution in [0, 0.1) is 0 Å². The Kier molecular flexibility index (Phi) is 5.96. The number of methoxy groups -OCH3 is 3. The van der Waals surface area contributed by atoms with Crippen molar-refractivity contribution in [3.8, 4) is 40.1 Å². The zero-order valence-corrected chi connectivity index (χ0v) is 16.1. The summed E-state index contributed by atoms with van der Waals surface area (Å²) in [4.78, 5) is 4.52. The summed E-state index contributed by atoms with van der Waals surface area (Å²) in [5.41, 5.74) is 2.92. The minimum Gasteiger partial charge on any atom is -0.493 e. The Morgan fingerprint density at radius 3 is 2.11 bits per heavy atom. The molecule has 0 aliphatic heterocycles. The van der Waals surface area contributed by atoms with Gasteiger partial charge in [0.1, 0.15) is 0 Å². The van der Waals surface area contributed by atoms with E-state index in [2.05, 4.69) is 29.2 Å². The maximum Gasteiger partial charge on any atom is 0.258 e. The molecule has 0 spiro atoms. The van der Waals surface area contributed by atoms with Crippen molar-refractivity contribution in [2.24, 2.45) is 0 Å². The third-order valence-electron chi connectivity index (χ3n) is 4.37. The van der Waals surface area contributed by atoms with E-state index < -0.39 is 0 Å². The number of unbranched alkanes of at least 4 members (excludes halogenated alkanes) is 1. The zero-order chi connectivity index (χ0) is 19.2. The highest BCUT2D eigenvalue weighted by Crippen LogP contribution is 2.40. The molecule has 3 rings (SSSR count). The molecule has 1 aromatic heterocycles. The average molecular weight is 368 g/mol. The topological polar surface area (TPSA) is 66.6 Å². The molecular weight excluding hydrogens is 344 g/mol. The summed E-state index contributed by atoms with van der Waals surface area (Å²) in [7, 11) is 4.71. The molecule has 27 heavy (non-hydrogen) atoms. The first-order valence-corrected chi connectivity index (χ1v) is 8.93. The second-order valence-corrected chi connectivity index (χ2v) is 6.14. The fourth-order valence-electron chi connectivity index (χ4n) is 2.86. The van der Waals surface area contributed by atoms with Crippen LogP contribution in [0.15, 0.2) is 40.9 Å². The molecule has 2 aromatic carbocycles. The van der Waals surface area contributed by atoms with Gasteiger partial charge in [-0.05, 0) is 42.7 Å². The number of nitrogens with zero attached hydrogens (tertiary/aromatic N) is 2. The third kappa shape index (κ3) is 4.05. The molecule has 0 bridgehead atoms. The molecule has 0 aliphatic carbocycles. The van der Waals surface area contributed by atoms with Gasteiger partial charge in [0, 0.05) is 11.1 Å². The summed E-state index contributed by atoms with van der Waals surface area (Å²) < 4.78 is 21.6. The van der Waals surface area contributed by atoms with Gasteiger partial charge in [-0.1, -0.05) is 30.6 Å². The molecule has 3 aromatic rings. The fraction of sp³-hybridized carbons (Fsp3) is 0.333. The summed E-state index contributed by atoms with van der Waals surface area (Å²) in [5, 5.41) is 4.10. The predicted molar refractivity (Wildman–Crippen MR) is 103 cm³/mol. The highest BCUT2D eigenvalue weighted by molar-refractivity contribution is 5.67. The standard InChI is InChI=1S/C21H24N2O4/c1-5-6-7-14-8-10-15(11-9-14)21-22-20(23-27-21)16-12-17(24-2)19(26-4)18(13-16)25-3/h8-13H,5-7H2,1-4H3. The molecule has 0 N–H and O–H groups in total. The van der Waals surface area contributed by atoms with Crippen molar-refractivity contribution in [1.82, 2.24) is 10.1 Å². The van der Waals surface area contributed by atoms with Crippen LogP contribution in [0.5, 0.6) is 17.2 Å². The Hall–Kier alpha value is -3.02. The second kappa shape index (κ2) is 8.58. The van der Waals surface area contributed by atoms with E-state index in [4.69, 9.17) is 18.7 Å². The van der Waals surface area contributed by atoms with E-state index in [1.807, 2.05) is 12.1 Å². The van der Waals surface area contributed by atoms with Crippen molar-refractivity contribution >= 4 is 0 Å². The molecule has 0 radical (unpaired) electrons. The molecule has 6 heteroatoms. The first-order chi connectivity index (χ1) is 13.2. The molecule has 0 saturated carbocycles. The van der Waals surface area contributed by atoms with Crippen LogP contribution in [0.4, 0.5) is 0 Å². The number of ether oxygens (including phenoxy) is 3. The number of aromatic nitrogens is 2. The van der Waals surface area contributed by atoms with Gasteiger partial charge in [-0.25, -0.2) is 0 Å². The summed E-state index contributed by atoms with van der Waals surface area (Å²) in [6.45, 7) is 2.19. The van der Waals surface area contributed by atoms with Crippen LogP contribution >= 0.6 is 0 Å². The molecule has 0 unspecified atom stereocenters. The summed E-state index contributed by atoms with van der Waals surface area (Å²) in [5.74, 6) is 2.53. The Morgan fingerprint density at radius 2 is 1.56 bits per heavy atom. The van der Waals surface area contributed by atoms with Crippen molar-refractivity contribution in [1.29, 1.82) is 0 Å². The average Bonchev–Trinajstić information content (AvgIpc) is 3.21. The summed E-state index contributed by atoms with van der Waals surface area (Å²) in [6.07, 6.45) is 3.45. The Balaban J connectivity index is 1.89. The van der Waals surface area contributed by atoms with Crippen LogP contribution in [-0.4, -0.2) is 31.5 Å². The maximum absolute atomic E-state index is 5.46. The second-order valence-electron chi connectivity index (χ2n) is 6.14. The van der Waals surface area contributed by atoms with Crippen molar-refractivity contribution < 1.29 is 18.7 Å². The van der Waals surface area contributed by atoms with E-state index in [1.54, 1.807) is 33.5 Å². The molecule has 0 fully saturated rings. The van der Waals surface area contributed by atoms with E-state index >= 15 is 0 Å². The maximum atomic E-state index is 5.46. The molecule has 6 nitrogen and oxygen atoms in total. The number of hydrogen-bond donors (Lipinski definition) is 0. The lowest BCUT2D eigenvalue weighted by Crippen LogP contribution is -1.96. The first kappa shape index (κ1) is 18.8. The monoisotopic (exact) mass is 368 g/mol. The normalized spacial score (nSPS) is 10.7. The summed E-state index contributed by atoms with van der Waals surface area (Å²) in [6, 6.07) is 11.8. The van der Waals surface area contributed by atoms with Crippen molar-refractivity contribution in [3.05, 3.63) is 42.0 Å². The van der Waals surface area contributed by atoms with Gasteiger partial charge in [0.2, 0.25) is 11.6 Å². The van der Waals surface area contributed by atoms with Crippen LogP contribution in [0.3, 0.4) is 0 Å². The quantitative estimate of drug-likeness (QED) is 0.570. The largest absolute Gasteiger partial charge is 0.493 e. The number of aryl methyl sites for hydroxylation is 1. The third-order valence-corrected chi connectivity index (χ3v) is 4.37. The molecule has 0 atom stereocenters. The van der Waals surface area contributed by atoms with Crippen LogP contribution in [0.25, 0.3) is 22.8 Å². The van der Waals surface area contributed by atoms with E-state index in [-0.39, 0.29) is 0 Å². The lowest BCUT2D eigenvalue weighted by Gasteiger charge is -2.12. The number of hydrogen-bond acceptors (Lipinski definition) is 6. The Bertz CT molecular complexity index is 862. The van der Waals surface area contributed by atoms with Gasteiger partial charge in [-0.2, -0.15) is 4.98 Å². The van der Waals surface area contributed by atoms with Gasteiger partial charge in [0.15, 0.2) is 11.5 Å². The van der Waals surface area contributed by atoms with E-state index in [0.29, 0.717) is 29.0 Å². The number of benzene rings is 2. The van der Waals surface area contributed by atoms with Crippen LogP contribution in [-0.2, 0) is 6.42 Å². The molecule has 0 amide bonds. The van der Waals surface area contributed by atoms with Crippen molar-refractivity contribution in [2.45, 2.75) is 26.2 Å². The van der Waals surface area contributed by atoms with Crippen LogP contribution < -0.4 is 14.2 Å². The van der Waals surface area contributed by atoms with Crippen molar-refractivity contribution in [3.63, 3.8) is 0 Å². The van der Waals surface area contributed by atoms with Gasteiger partial charge in [-0.15, -0.1) is 0 Å². The molecule has 1 heterocycles. The Labute approximate surface area is 159 Å². The highest BCUT2D eigenvalue weighted by Gasteiger charge is 2.17. The lowest BCUT2D eigenvalue weighted by molar-refractivity contribution is 0.324. The van der Waals surface area contributed by atoms with Crippen LogP contribution in [0.2, 0.25) is 0 Å². The molecular formula is C21H24N2O4. The SMILES string of the molecule is CCCCc1ccc(-c2nc(-c3cc(OC)c(OC)c(OC)c3)no2)cc1. The highest BCUT2D eigenvalue weighted by atomic mass is 16.5. The predicted octanol–water partition coefficient (Wildman–Crippen LogP) is 4.77. The summed E-state index contributed by atoms with van der Waals surface area (Å²) >= 11 is 0. The number of rotatable bonds is 8. The Morgan fingerprint density at radius 1 is 0.889 bits per heavy atom. The van der Waals surface area contributed by atoms with Crippen molar-refractivity contribution in [2.75, 3.05) is 21.3 Å². The van der Waals surface area contributed by atoms with E-state index in [0.717, 1.165) is 17.5 Å². The van der Waals surface area contributed by atoms with Crippen LogP contribution in [0.1, 0.15) is 25.3 Å². The zero-order valence-electron chi connectivity index (χ0n) is 16.1. The smallest absolute Gasteiger partial charge is 0.258 e. The van der Waals surface area contributed by atoms with Gasteiger partial charge in [0.05, 0.1) is 21.3 Å². The van der Waals surface area contributed by atoms with Gasteiger partial charge in [-0.3, -0.25) is 0 Å². The lowest BCUT2D eigenvalue weighted by atomic mass is 10.1. The fourth-order valence-corrected chi connectivity index (χ4v) is 2.86. The van der Waals surface area contributed by atoms with E-state index in [1.165, 1.54) is 18.4 Å². The van der Waals surface area contributed by atoms with Gasteiger partial charge < -0.3 is 18.7 Å². The van der Waals surface area contributed by atoms with E-state index in [9.17, 15) is 0 Å². The molecule has 0 saturated heterocycles. The van der Waals surface area contributed by atoms with Gasteiger partial charge in [0.25, 0.3) is 5.89 Å². The minimum atomic E-state index is 0.458. The molecule has 142 valence electrons.